The predicted molar refractivity (Wildman–Crippen MR) is 71.8 cm³/mol. The SMILES string of the molecule is C/C=C\c1nc(C(=O)OCC)cn1N(C)/C=C\C. The highest BCUT2D eigenvalue weighted by Crippen LogP contribution is 2.08. The molecule has 0 unspecified atom stereocenters. The van der Waals surface area contributed by atoms with E-state index in [2.05, 4.69) is 4.98 Å². The van der Waals surface area contributed by atoms with Crippen LogP contribution in [0.15, 0.2) is 24.5 Å². The van der Waals surface area contributed by atoms with Gasteiger partial charge in [-0.1, -0.05) is 12.2 Å². The molecule has 1 rings (SSSR count). The molecule has 98 valence electrons. The largest absolute Gasteiger partial charge is 0.461 e. The van der Waals surface area contributed by atoms with Crippen molar-refractivity contribution in [3.8, 4) is 0 Å². The second-order valence-electron chi connectivity index (χ2n) is 3.61. The summed E-state index contributed by atoms with van der Waals surface area (Å²) in [4.78, 5) is 15.9. The number of carbonyl (C=O) groups excluding carboxylic acids is 1. The van der Waals surface area contributed by atoms with Crippen LogP contribution in [0.25, 0.3) is 6.08 Å². The molecule has 0 amide bonds. The Bertz CT molecular complexity index is 461. The van der Waals surface area contributed by atoms with Crippen LogP contribution in [-0.2, 0) is 4.74 Å². The van der Waals surface area contributed by atoms with E-state index in [-0.39, 0.29) is 0 Å². The molecule has 0 radical (unpaired) electrons. The molecule has 1 aromatic heterocycles. The number of ether oxygens (including phenoxy) is 1. The average Bonchev–Trinajstić information content (AvgIpc) is 2.74. The number of aromatic nitrogens is 2. The fourth-order valence-corrected chi connectivity index (χ4v) is 1.49. The van der Waals surface area contributed by atoms with Crippen molar-refractivity contribution in [2.24, 2.45) is 0 Å². The number of hydrogen-bond donors (Lipinski definition) is 0. The first-order valence-electron chi connectivity index (χ1n) is 5.89. The van der Waals surface area contributed by atoms with Gasteiger partial charge >= 0.3 is 5.97 Å². The van der Waals surface area contributed by atoms with Gasteiger partial charge < -0.3 is 4.74 Å². The Labute approximate surface area is 107 Å². The number of esters is 1. The third kappa shape index (κ3) is 3.23. The Morgan fingerprint density at radius 3 is 2.78 bits per heavy atom. The Morgan fingerprint density at radius 2 is 2.22 bits per heavy atom. The van der Waals surface area contributed by atoms with Gasteiger partial charge in [0.1, 0.15) is 0 Å². The van der Waals surface area contributed by atoms with E-state index in [1.54, 1.807) is 17.8 Å². The van der Waals surface area contributed by atoms with Gasteiger partial charge in [0.15, 0.2) is 11.5 Å². The summed E-state index contributed by atoms with van der Waals surface area (Å²) in [5.74, 6) is 0.275. The van der Waals surface area contributed by atoms with Crippen molar-refractivity contribution < 1.29 is 9.53 Å². The molecule has 1 aromatic rings. The maximum absolute atomic E-state index is 11.6. The van der Waals surface area contributed by atoms with Gasteiger partial charge in [0.2, 0.25) is 0 Å². The van der Waals surface area contributed by atoms with Gasteiger partial charge in [-0.25, -0.2) is 14.5 Å². The summed E-state index contributed by atoms with van der Waals surface area (Å²) < 4.78 is 6.72. The van der Waals surface area contributed by atoms with Crippen molar-refractivity contribution in [1.29, 1.82) is 0 Å². The summed E-state index contributed by atoms with van der Waals surface area (Å²) in [5, 5.41) is 1.84. The molecule has 0 aliphatic rings. The smallest absolute Gasteiger partial charge is 0.358 e. The lowest BCUT2D eigenvalue weighted by Crippen LogP contribution is -2.24. The zero-order chi connectivity index (χ0) is 13.5. The first-order chi connectivity index (χ1) is 8.63. The van der Waals surface area contributed by atoms with Crippen LogP contribution < -0.4 is 5.01 Å². The molecule has 5 nitrogen and oxygen atoms in total. The van der Waals surface area contributed by atoms with E-state index >= 15 is 0 Å². The topological polar surface area (TPSA) is 47.4 Å². The van der Waals surface area contributed by atoms with Gasteiger partial charge in [-0.3, -0.25) is 5.01 Å². The van der Waals surface area contributed by atoms with Crippen LogP contribution in [0.2, 0.25) is 0 Å². The monoisotopic (exact) mass is 249 g/mol. The van der Waals surface area contributed by atoms with E-state index < -0.39 is 5.97 Å². The lowest BCUT2D eigenvalue weighted by Gasteiger charge is -2.16. The molecule has 18 heavy (non-hydrogen) atoms. The Kier molecular flexibility index (Phi) is 5.17. The maximum atomic E-state index is 11.6. The Hall–Kier alpha value is -2.04. The van der Waals surface area contributed by atoms with Crippen molar-refractivity contribution in [3.05, 3.63) is 36.1 Å². The molecular weight excluding hydrogens is 230 g/mol. The van der Waals surface area contributed by atoms with Crippen LogP contribution >= 0.6 is 0 Å². The van der Waals surface area contributed by atoms with Gasteiger partial charge in [-0.05, 0) is 26.8 Å². The molecule has 0 spiro atoms. The molecule has 0 saturated carbocycles. The average molecular weight is 249 g/mol. The maximum Gasteiger partial charge on any atom is 0.358 e. The Balaban J connectivity index is 3.11. The number of hydrogen-bond acceptors (Lipinski definition) is 4. The van der Waals surface area contributed by atoms with Crippen molar-refractivity contribution in [2.75, 3.05) is 18.7 Å². The minimum absolute atomic E-state index is 0.307. The number of nitrogens with zero attached hydrogens (tertiary/aromatic N) is 3. The van der Waals surface area contributed by atoms with E-state index in [9.17, 15) is 4.79 Å². The van der Waals surface area contributed by atoms with Crippen LogP contribution in [0.4, 0.5) is 0 Å². The first kappa shape index (κ1) is 14.0. The van der Waals surface area contributed by atoms with Crippen LogP contribution in [0.3, 0.4) is 0 Å². The summed E-state index contributed by atoms with van der Waals surface area (Å²) in [6, 6.07) is 0. The summed E-state index contributed by atoms with van der Waals surface area (Å²) in [7, 11) is 1.88. The van der Waals surface area contributed by atoms with E-state index in [1.807, 2.05) is 50.3 Å². The molecule has 0 bridgehead atoms. The highest BCUT2D eigenvalue weighted by atomic mass is 16.5. The van der Waals surface area contributed by atoms with Crippen molar-refractivity contribution in [1.82, 2.24) is 9.66 Å². The summed E-state index contributed by atoms with van der Waals surface area (Å²) >= 11 is 0. The lowest BCUT2D eigenvalue weighted by molar-refractivity contribution is 0.0520. The lowest BCUT2D eigenvalue weighted by atomic mass is 10.5. The van der Waals surface area contributed by atoms with Gasteiger partial charge in [-0.2, -0.15) is 0 Å². The normalized spacial score (nSPS) is 11.3. The van der Waals surface area contributed by atoms with Crippen LogP contribution in [-0.4, -0.2) is 29.3 Å². The quantitative estimate of drug-likeness (QED) is 0.750. The molecule has 1 heterocycles. The predicted octanol–water partition coefficient (Wildman–Crippen LogP) is 2.19. The fraction of sp³-hybridized carbons (Fsp3) is 0.385. The number of carbonyl (C=O) groups is 1. The Morgan fingerprint density at radius 1 is 1.50 bits per heavy atom. The standard InChI is InChI=1S/C13H19N3O2/c1-5-8-12-14-11(13(17)18-7-3)10-16(12)15(4)9-6-2/h5-6,8-10H,7H2,1-4H3/b8-5-,9-6-. The first-order valence-corrected chi connectivity index (χ1v) is 5.89. The number of imidazole rings is 1. The molecule has 0 atom stereocenters. The third-order valence-corrected chi connectivity index (χ3v) is 2.22. The minimum atomic E-state index is -0.407. The van der Waals surface area contributed by atoms with E-state index in [0.717, 1.165) is 0 Å². The second-order valence-corrected chi connectivity index (χ2v) is 3.61. The highest BCUT2D eigenvalue weighted by molar-refractivity contribution is 5.87. The molecule has 0 saturated heterocycles. The van der Waals surface area contributed by atoms with Crippen LogP contribution in [0.5, 0.6) is 0 Å². The molecule has 0 fully saturated rings. The zero-order valence-corrected chi connectivity index (χ0v) is 11.3. The fourth-order valence-electron chi connectivity index (χ4n) is 1.49. The zero-order valence-electron chi connectivity index (χ0n) is 11.3. The van der Waals surface area contributed by atoms with Gasteiger partial charge in [0.05, 0.1) is 12.8 Å². The van der Waals surface area contributed by atoms with Gasteiger partial charge in [0, 0.05) is 13.2 Å². The number of allylic oxidation sites excluding steroid dienone is 2. The number of rotatable bonds is 5. The van der Waals surface area contributed by atoms with E-state index in [1.165, 1.54) is 0 Å². The highest BCUT2D eigenvalue weighted by Gasteiger charge is 2.14. The summed E-state index contributed by atoms with van der Waals surface area (Å²) in [5.41, 5.74) is 0.307. The van der Waals surface area contributed by atoms with Crippen molar-refractivity contribution >= 4 is 12.0 Å². The van der Waals surface area contributed by atoms with Crippen LogP contribution in [0, 0.1) is 0 Å². The molecule has 5 heteroatoms. The molecule has 0 aliphatic carbocycles. The summed E-state index contributed by atoms with van der Waals surface area (Å²) in [6.45, 7) is 5.94. The molecular formula is C13H19N3O2. The molecule has 0 aliphatic heterocycles. The van der Waals surface area contributed by atoms with Crippen molar-refractivity contribution in [3.63, 3.8) is 0 Å². The summed E-state index contributed by atoms with van der Waals surface area (Å²) in [6.07, 6.45) is 9.15. The minimum Gasteiger partial charge on any atom is -0.461 e. The van der Waals surface area contributed by atoms with Gasteiger partial charge in [0.25, 0.3) is 0 Å². The third-order valence-electron chi connectivity index (χ3n) is 2.22. The second kappa shape index (κ2) is 6.64. The molecule has 0 N–H and O–H groups in total. The van der Waals surface area contributed by atoms with Crippen LogP contribution in [0.1, 0.15) is 37.1 Å². The van der Waals surface area contributed by atoms with E-state index in [0.29, 0.717) is 18.1 Å². The van der Waals surface area contributed by atoms with Gasteiger partial charge in [-0.15, -0.1) is 0 Å². The van der Waals surface area contributed by atoms with E-state index in [4.69, 9.17) is 4.74 Å². The molecule has 0 aromatic carbocycles. The van der Waals surface area contributed by atoms with Crippen molar-refractivity contribution in [2.45, 2.75) is 20.8 Å².